The molecule has 0 aromatic heterocycles. The third-order valence-corrected chi connectivity index (χ3v) is 4.90. The first-order valence-corrected chi connectivity index (χ1v) is 10.2. The fourth-order valence-electron chi connectivity index (χ4n) is 1.58. The molecule has 0 amide bonds. The Morgan fingerprint density at radius 3 is 2.81 bits per heavy atom. The lowest BCUT2D eigenvalue weighted by atomic mass is 10.1. The average molecular weight is 298 g/mol. The maximum atomic E-state index is 5.85. The second-order valence-corrected chi connectivity index (χ2v) is 12.9. The molecule has 0 saturated heterocycles. The Hall–Kier alpha value is 0.0669. The first kappa shape index (κ1) is 12.5. The predicted octanol–water partition coefficient (Wildman–Crippen LogP) is 3.75. The lowest BCUT2D eigenvalue weighted by molar-refractivity contribution is -0.0164. The van der Waals surface area contributed by atoms with Crippen LogP contribution in [0, 0.1) is 0 Å². The quantitative estimate of drug-likeness (QED) is 0.625. The highest BCUT2D eigenvalue weighted by molar-refractivity contribution is 7.64. The van der Waals surface area contributed by atoms with Gasteiger partial charge in [0.15, 0.2) is 6.79 Å². The molecular formula is C10H11Cl3O2Si. The molecule has 16 heavy (non-hydrogen) atoms. The van der Waals surface area contributed by atoms with Gasteiger partial charge in [-0.15, -0.1) is 33.2 Å². The molecule has 2 rings (SSSR count). The summed E-state index contributed by atoms with van der Waals surface area (Å²) in [4.78, 5) is 0. The molecule has 0 spiro atoms. The van der Waals surface area contributed by atoms with Crippen LogP contribution in [0.1, 0.15) is 11.1 Å². The summed E-state index contributed by atoms with van der Waals surface area (Å²) >= 11 is 17.5. The van der Waals surface area contributed by atoms with Crippen molar-refractivity contribution in [2.45, 2.75) is 19.1 Å². The zero-order valence-electron chi connectivity index (χ0n) is 8.51. The van der Waals surface area contributed by atoms with Crippen LogP contribution in [0.5, 0.6) is 5.75 Å². The molecule has 1 aromatic rings. The SMILES string of the molecule is Cl[Si](Cl)(Cl)CCc1ccc2c(c1)COCO2. The summed E-state index contributed by atoms with van der Waals surface area (Å²) in [6.45, 7) is 0.918. The second-order valence-electron chi connectivity index (χ2n) is 3.67. The smallest absolute Gasteiger partial charge is 0.341 e. The van der Waals surface area contributed by atoms with Crippen LogP contribution in [0.25, 0.3) is 0 Å². The maximum Gasteiger partial charge on any atom is 0.341 e. The molecule has 1 aliphatic rings. The Kier molecular flexibility index (Phi) is 4.03. The summed E-state index contributed by atoms with van der Waals surface area (Å²) < 4.78 is 10.5. The summed E-state index contributed by atoms with van der Waals surface area (Å²) in [6, 6.07) is 4.13. The number of ether oxygens (including phenoxy) is 2. The molecule has 1 aliphatic heterocycles. The molecule has 88 valence electrons. The van der Waals surface area contributed by atoms with Gasteiger partial charge in [-0.05, 0) is 30.2 Å². The van der Waals surface area contributed by atoms with Gasteiger partial charge in [0.1, 0.15) is 5.75 Å². The Labute approximate surface area is 110 Å². The Morgan fingerprint density at radius 2 is 2.06 bits per heavy atom. The number of benzene rings is 1. The molecule has 6 heteroatoms. The highest BCUT2D eigenvalue weighted by Crippen LogP contribution is 2.29. The first-order chi connectivity index (χ1) is 7.54. The van der Waals surface area contributed by atoms with Crippen molar-refractivity contribution < 1.29 is 9.47 Å². The van der Waals surface area contributed by atoms with Crippen molar-refractivity contribution in [2.75, 3.05) is 6.79 Å². The summed E-state index contributed by atoms with van der Waals surface area (Å²) in [6.07, 6.45) is 0.788. The van der Waals surface area contributed by atoms with E-state index in [2.05, 4.69) is 6.07 Å². The van der Waals surface area contributed by atoms with Crippen molar-refractivity contribution in [2.24, 2.45) is 0 Å². The van der Waals surface area contributed by atoms with Crippen LogP contribution in [0.4, 0.5) is 0 Å². The Bertz CT molecular complexity index is 379. The van der Waals surface area contributed by atoms with Crippen LogP contribution in [-0.2, 0) is 17.8 Å². The van der Waals surface area contributed by atoms with Gasteiger partial charge in [-0.3, -0.25) is 0 Å². The summed E-state index contributed by atoms with van der Waals surface area (Å²) in [5, 5.41) is 0. The summed E-state index contributed by atoms with van der Waals surface area (Å²) in [5.74, 6) is 0.890. The van der Waals surface area contributed by atoms with E-state index in [0.717, 1.165) is 23.3 Å². The van der Waals surface area contributed by atoms with Crippen molar-refractivity contribution in [3.8, 4) is 5.75 Å². The van der Waals surface area contributed by atoms with E-state index in [0.29, 0.717) is 19.4 Å². The Morgan fingerprint density at radius 1 is 1.25 bits per heavy atom. The summed E-state index contributed by atoms with van der Waals surface area (Å²) in [5.41, 5.74) is 2.22. The zero-order chi connectivity index (χ0) is 11.6. The highest BCUT2D eigenvalue weighted by atomic mass is 35.8. The van der Waals surface area contributed by atoms with Gasteiger partial charge in [0.25, 0.3) is 0 Å². The molecule has 0 aliphatic carbocycles. The van der Waals surface area contributed by atoms with Crippen LogP contribution in [-0.4, -0.2) is 12.8 Å². The largest absolute Gasteiger partial charge is 0.467 e. The van der Waals surface area contributed by atoms with Crippen molar-refractivity contribution in [1.82, 2.24) is 0 Å². The molecule has 0 N–H and O–H groups in total. The van der Waals surface area contributed by atoms with Crippen LogP contribution < -0.4 is 4.74 Å². The molecule has 0 radical (unpaired) electrons. The molecule has 1 aromatic carbocycles. The van der Waals surface area contributed by atoms with Gasteiger partial charge in [0.2, 0.25) is 0 Å². The number of hydrogen-bond donors (Lipinski definition) is 0. The van der Waals surface area contributed by atoms with Crippen LogP contribution >= 0.6 is 33.2 Å². The average Bonchev–Trinajstić information content (AvgIpc) is 2.25. The third kappa shape index (κ3) is 3.53. The second kappa shape index (κ2) is 5.15. The van der Waals surface area contributed by atoms with Crippen LogP contribution in [0.3, 0.4) is 0 Å². The number of fused-ring (bicyclic) bond motifs is 1. The molecule has 0 unspecified atom stereocenters. The lowest BCUT2D eigenvalue weighted by Gasteiger charge is -2.18. The number of hydrogen-bond acceptors (Lipinski definition) is 2. The standard InChI is InChI=1S/C10H11Cl3O2Si/c11-16(12,13)4-3-8-1-2-10-9(5-8)6-14-7-15-10/h1-2,5H,3-4,6-7H2. The van der Waals surface area contributed by atoms with E-state index in [9.17, 15) is 0 Å². The van der Waals surface area contributed by atoms with Gasteiger partial charge in [-0.25, -0.2) is 0 Å². The molecule has 0 bridgehead atoms. The van der Waals surface area contributed by atoms with Gasteiger partial charge < -0.3 is 9.47 Å². The minimum Gasteiger partial charge on any atom is -0.467 e. The number of aryl methyl sites for hydroxylation is 1. The molecule has 0 atom stereocenters. The van der Waals surface area contributed by atoms with Crippen molar-refractivity contribution >= 4 is 39.2 Å². The van der Waals surface area contributed by atoms with E-state index < -0.39 is 6.00 Å². The molecule has 2 nitrogen and oxygen atoms in total. The van der Waals surface area contributed by atoms with Gasteiger partial charge in [-0.2, -0.15) is 0 Å². The predicted molar refractivity (Wildman–Crippen MR) is 68.6 cm³/mol. The maximum absolute atomic E-state index is 5.85. The molecular weight excluding hydrogens is 287 g/mol. The number of rotatable bonds is 3. The Balaban J connectivity index is 2.06. The van der Waals surface area contributed by atoms with E-state index in [-0.39, 0.29) is 0 Å². The minimum absolute atomic E-state index is 0.327. The highest BCUT2D eigenvalue weighted by Gasteiger charge is 2.24. The molecule has 1 heterocycles. The van der Waals surface area contributed by atoms with Gasteiger partial charge in [0.05, 0.1) is 6.61 Å². The van der Waals surface area contributed by atoms with Crippen LogP contribution in [0.2, 0.25) is 6.04 Å². The van der Waals surface area contributed by atoms with Gasteiger partial charge in [-0.1, -0.05) is 6.07 Å². The third-order valence-electron chi connectivity index (χ3n) is 2.38. The van der Waals surface area contributed by atoms with E-state index in [1.54, 1.807) is 0 Å². The van der Waals surface area contributed by atoms with E-state index in [1.165, 1.54) is 0 Å². The van der Waals surface area contributed by atoms with E-state index >= 15 is 0 Å². The number of halogens is 3. The minimum atomic E-state index is -2.52. The fraction of sp³-hybridized carbons (Fsp3) is 0.400. The van der Waals surface area contributed by atoms with Crippen molar-refractivity contribution in [3.63, 3.8) is 0 Å². The lowest BCUT2D eigenvalue weighted by Crippen LogP contribution is -2.12. The van der Waals surface area contributed by atoms with Gasteiger partial charge >= 0.3 is 6.00 Å². The fourth-order valence-corrected chi connectivity index (χ4v) is 3.01. The van der Waals surface area contributed by atoms with Crippen molar-refractivity contribution in [1.29, 1.82) is 0 Å². The van der Waals surface area contributed by atoms with Gasteiger partial charge in [0, 0.05) is 5.56 Å². The monoisotopic (exact) mass is 296 g/mol. The topological polar surface area (TPSA) is 18.5 Å². The van der Waals surface area contributed by atoms with E-state index in [4.69, 9.17) is 42.7 Å². The molecule has 0 saturated carbocycles. The van der Waals surface area contributed by atoms with Crippen LogP contribution in [0.15, 0.2) is 18.2 Å². The van der Waals surface area contributed by atoms with E-state index in [1.807, 2.05) is 12.1 Å². The first-order valence-electron chi connectivity index (χ1n) is 4.94. The zero-order valence-corrected chi connectivity index (χ0v) is 11.8. The molecule has 0 fully saturated rings. The van der Waals surface area contributed by atoms with Crippen molar-refractivity contribution in [3.05, 3.63) is 29.3 Å². The summed E-state index contributed by atoms with van der Waals surface area (Å²) in [7, 11) is 0. The normalized spacial score (nSPS) is 15.4.